The van der Waals surface area contributed by atoms with Gasteiger partial charge in [0.2, 0.25) is 23.8 Å². The van der Waals surface area contributed by atoms with Gasteiger partial charge in [0.15, 0.2) is 12.4 Å². The lowest BCUT2D eigenvalue weighted by molar-refractivity contribution is -0.926. The van der Waals surface area contributed by atoms with Gasteiger partial charge in [-0.3, -0.25) is 14.5 Å². The third-order valence-corrected chi connectivity index (χ3v) is 19.0. The van der Waals surface area contributed by atoms with E-state index in [1.165, 1.54) is 34.7 Å². The van der Waals surface area contributed by atoms with Gasteiger partial charge in [0.05, 0.1) is 48.9 Å². The molecule has 104 heavy (non-hydrogen) atoms. The van der Waals surface area contributed by atoms with Gasteiger partial charge in [-0.25, -0.2) is 43.5 Å². The van der Waals surface area contributed by atoms with Gasteiger partial charge in [-0.1, -0.05) is 86.0 Å². The second-order valence-corrected chi connectivity index (χ2v) is 28.1. The van der Waals surface area contributed by atoms with Crippen LogP contribution in [-0.2, 0) is 50.0 Å². The molecular weight excluding hydrogens is 1380 g/mol. The maximum atomic E-state index is 14.5. The quantitative estimate of drug-likeness (QED) is 0.0134. The average molecular weight is 1460 g/mol. The number of rotatable bonds is 31. The fourth-order valence-corrected chi connectivity index (χ4v) is 13.2. The Hall–Kier alpha value is -10.7. The highest BCUT2D eigenvalue weighted by molar-refractivity contribution is 7.22. The molecule has 548 valence electrons. The van der Waals surface area contributed by atoms with Gasteiger partial charge in [0.1, 0.15) is 71.7 Å². The second-order valence-electron chi connectivity index (χ2n) is 26.7. The molecule has 5 aromatic carbocycles. The third kappa shape index (κ3) is 20.8. The number of carbonyl (C=O) groups is 6. The number of amides is 6. The molecular formula is C76H87ClFN12O13S+. The lowest BCUT2D eigenvalue weighted by Crippen LogP contribution is -2.57. The zero-order valence-corrected chi connectivity index (χ0v) is 61.1. The van der Waals surface area contributed by atoms with Gasteiger partial charge >= 0.3 is 24.2 Å². The molecule has 1 saturated heterocycles. The number of urea groups is 1. The number of nitrogens with one attached hydrogen (secondary N) is 4. The van der Waals surface area contributed by atoms with Crippen LogP contribution in [0.15, 0.2) is 122 Å². The number of nitrogens with zero attached hydrogens (tertiary/aromatic N) is 7. The Morgan fingerprint density at radius 2 is 1.61 bits per heavy atom. The molecule has 3 aromatic heterocycles. The smallest absolute Gasteiger partial charge is 0.410 e. The van der Waals surface area contributed by atoms with Crippen molar-refractivity contribution in [3.63, 3.8) is 0 Å². The predicted octanol–water partition coefficient (Wildman–Crippen LogP) is 11.2. The number of nitrogens with two attached hydrogens (primary N) is 1. The van der Waals surface area contributed by atoms with Crippen LogP contribution in [0, 0.1) is 31.0 Å². The van der Waals surface area contributed by atoms with Crippen molar-refractivity contribution in [1.29, 1.82) is 0 Å². The molecule has 0 unspecified atom stereocenters. The van der Waals surface area contributed by atoms with Crippen LogP contribution >= 0.6 is 22.9 Å². The summed E-state index contributed by atoms with van der Waals surface area (Å²) in [5, 5.41) is 22.5. The van der Waals surface area contributed by atoms with Crippen molar-refractivity contribution in [2.24, 2.45) is 11.7 Å². The summed E-state index contributed by atoms with van der Waals surface area (Å²) in [6.45, 7) is 14.8. The minimum atomic E-state index is -1.46. The van der Waals surface area contributed by atoms with Crippen molar-refractivity contribution in [2.45, 2.75) is 104 Å². The van der Waals surface area contributed by atoms with Crippen LogP contribution < -0.4 is 45.9 Å². The number of thiophene rings is 1. The fraction of sp³-hybridized carbons (Fsp3) is 0.368. The number of carboxylic acid groups (broad SMARTS) is 1. The van der Waals surface area contributed by atoms with E-state index in [0.717, 1.165) is 18.7 Å². The van der Waals surface area contributed by atoms with Crippen molar-refractivity contribution in [1.82, 2.24) is 45.7 Å². The fourth-order valence-electron chi connectivity index (χ4n) is 11.9. The molecule has 3 atom stereocenters. The molecule has 0 bridgehead atoms. The largest absolute Gasteiger partial charge is 0.496 e. The number of aliphatic carboxylic acids is 1. The van der Waals surface area contributed by atoms with Crippen molar-refractivity contribution >= 4 is 74.8 Å². The monoisotopic (exact) mass is 1460 g/mol. The molecule has 0 spiro atoms. The molecule has 0 aliphatic carbocycles. The minimum absolute atomic E-state index is 0.0109. The Labute approximate surface area is 612 Å². The lowest BCUT2D eigenvalue weighted by atomic mass is 9.96. The van der Waals surface area contributed by atoms with Gasteiger partial charge in [0, 0.05) is 74.1 Å². The molecule has 4 heterocycles. The van der Waals surface area contributed by atoms with Gasteiger partial charge in [0.25, 0.3) is 0 Å². The number of benzene rings is 5. The van der Waals surface area contributed by atoms with E-state index >= 15 is 0 Å². The Morgan fingerprint density at radius 3 is 2.31 bits per heavy atom. The number of para-hydroxylation sites is 2. The number of fused-ring (bicyclic) bond motifs is 1. The van der Waals surface area contributed by atoms with Crippen LogP contribution in [-0.4, -0.2) is 173 Å². The molecule has 0 radical (unpaired) electrons. The van der Waals surface area contributed by atoms with E-state index in [1.54, 1.807) is 116 Å². The molecule has 6 amide bonds. The first kappa shape index (κ1) is 77.5. The van der Waals surface area contributed by atoms with E-state index in [-0.39, 0.29) is 51.4 Å². The summed E-state index contributed by atoms with van der Waals surface area (Å²) in [6.07, 6.45) is 5.69. The molecule has 1 fully saturated rings. The Bertz CT molecular complexity index is 4430. The standard InChI is InChI=1S/C76H86ClFN12O13S/c1-11-38-100-75(97)88(8)42-51-40-53(85-68(91)57(19-16-31-81-73(79)95)86-69(92)65(46(2)3)87-74(96)103-76(5,6)7)27-24-50(51)43-90(9)36-33-89(34-37-90)35-39-99-60-29-28-55(47(4)64(60)77)62-63-70(82-45-83-71(63)104-66(62)48-22-25-52(78)26-23-48)102-61(72(93)94)41-49-17-12-14-20-58(49)101-44-54-30-32-80-67(84-54)56-18-13-15-21-59(56)98-10/h1,12-15,17-18,20-30,32,40,45-46,57,61,65H,16,19,31,33-39,41-44H2,2-10H3,(H6-,79,81,85,86,87,91,92,93,94,95,96)/p+1/t57-,61+,65-/m0/s1. The van der Waals surface area contributed by atoms with E-state index in [2.05, 4.69) is 54.1 Å². The highest BCUT2D eigenvalue weighted by Gasteiger charge is 2.34. The van der Waals surface area contributed by atoms with Gasteiger partial charge < -0.3 is 69.9 Å². The molecule has 9 rings (SSSR count). The van der Waals surface area contributed by atoms with E-state index in [4.69, 9.17) is 57.2 Å². The molecule has 25 nitrogen and oxygen atoms in total. The topological polar surface area (TPSA) is 310 Å². The molecule has 0 saturated carbocycles. The van der Waals surface area contributed by atoms with Crippen LogP contribution in [0.1, 0.15) is 75.4 Å². The zero-order valence-electron chi connectivity index (χ0n) is 59.6. The highest BCUT2D eigenvalue weighted by atomic mass is 35.5. The summed E-state index contributed by atoms with van der Waals surface area (Å²) in [4.78, 5) is 102. The third-order valence-electron chi connectivity index (χ3n) is 17.3. The van der Waals surface area contributed by atoms with E-state index in [9.17, 15) is 38.3 Å². The van der Waals surface area contributed by atoms with Gasteiger partial charge in [-0.2, -0.15) is 0 Å². The summed E-state index contributed by atoms with van der Waals surface area (Å²) >= 11 is 8.60. The van der Waals surface area contributed by atoms with E-state index in [0.29, 0.717) is 131 Å². The summed E-state index contributed by atoms with van der Waals surface area (Å²) in [5.74, 6) is 1.00. The van der Waals surface area contributed by atoms with Crippen LogP contribution in [0.3, 0.4) is 0 Å². The summed E-state index contributed by atoms with van der Waals surface area (Å²) in [6, 6.07) is 28.5. The number of halogens is 2. The number of anilines is 1. The number of aromatic nitrogens is 4. The van der Waals surface area contributed by atoms with Crippen LogP contribution in [0.25, 0.3) is 43.2 Å². The summed E-state index contributed by atoms with van der Waals surface area (Å²) in [5.41, 5.74) is 10.9. The molecule has 1 aliphatic rings. The maximum absolute atomic E-state index is 14.5. The van der Waals surface area contributed by atoms with Crippen molar-refractivity contribution in [2.75, 3.05) is 79.0 Å². The molecule has 1 aliphatic heterocycles. The summed E-state index contributed by atoms with van der Waals surface area (Å²) < 4.78 is 50.6. The number of hydrogen-bond acceptors (Lipinski definition) is 18. The zero-order chi connectivity index (χ0) is 74.8. The predicted molar refractivity (Wildman–Crippen MR) is 394 cm³/mol. The normalized spacial score (nSPS) is 13.7. The number of primary amides is 1. The van der Waals surface area contributed by atoms with Gasteiger partial charge in [-0.05, 0) is 129 Å². The Kier molecular flexibility index (Phi) is 26.4. The number of terminal acetylenes is 1. The first-order chi connectivity index (χ1) is 49.7. The number of piperazine rings is 1. The second kappa shape index (κ2) is 35.5. The number of methoxy groups -OCH3 is 1. The number of likely N-dealkylation sites (N-methyl/N-ethyl adjacent to an activating group) is 1. The number of alkyl carbamates (subject to hydrolysis) is 1. The Balaban J connectivity index is 0.881. The Morgan fingerprint density at radius 1 is 0.875 bits per heavy atom. The first-order valence-corrected chi connectivity index (χ1v) is 35.0. The number of carboxylic acids is 1. The van der Waals surface area contributed by atoms with Crippen molar-refractivity contribution < 1.29 is 71.2 Å². The van der Waals surface area contributed by atoms with Crippen LogP contribution in [0.2, 0.25) is 5.02 Å². The number of carbonyl (C=O) groups excluding carboxylic acids is 5. The minimum Gasteiger partial charge on any atom is -0.496 e. The van der Waals surface area contributed by atoms with Crippen molar-refractivity contribution in [3.05, 3.63) is 161 Å². The molecule has 28 heteroatoms. The van der Waals surface area contributed by atoms with E-state index < -0.39 is 71.5 Å². The summed E-state index contributed by atoms with van der Waals surface area (Å²) in [7, 11) is 5.32. The van der Waals surface area contributed by atoms with E-state index in [1.807, 2.05) is 43.3 Å². The SMILES string of the molecule is C#CCOC(=O)N(C)Cc1cc(NC(=O)[C@H](CCCNC(N)=O)NC(=O)[C@@H](NC(=O)OC(C)(C)C)C(C)C)ccc1C[N+]1(C)CCN(CCOc2ccc(-c3c(-c4ccc(F)cc4)sc4ncnc(O[C@H](Cc5ccccc5OCc5ccnc(-c6ccccc6OC)n5)C(=O)O)c34)c(C)c2Cl)CC1. The van der Waals surface area contributed by atoms with Crippen LogP contribution in [0.4, 0.5) is 24.5 Å². The van der Waals surface area contributed by atoms with Gasteiger partial charge in [-0.15, -0.1) is 17.8 Å². The number of hydrogen-bond donors (Lipinski definition) is 6. The first-order valence-electron chi connectivity index (χ1n) is 33.8. The maximum Gasteiger partial charge on any atom is 0.410 e. The average Bonchev–Trinajstić information content (AvgIpc) is 1.60. The number of ether oxygens (including phenoxy) is 6. The van der Waals surface area contributed by atoms with Crippen LogP contribution in [0.5, 0.6) is 23.1 Å². The molecule has 8 aromatic rings. The van der Waals surface area contributed by atoms with Crippen molar-refractivity contribution in [3.8, 4) is 68.4 Å². The highest BCUT2D eigenvalue weighted by Crippen LogP contribution is 2.50. The number of quaternary nitrogens is 1. The lowest BCUT2D eigenvalue weighted by Gasteiger charge is -2.42. The molecule has 7 N–H and O–H groups in total.